The van der Waals surface area contributed by atoms with E-state index in [9.17, 15) is 9.18 Å². The molecule has 5 nitrogen and oxygen atoms in total. The minimum atomic E-state index is -0.531. The summed E-state index contributed by atoms with van der Waals surface area (Å²) in [6.45, 7) is 0. The first-order valence-corrected chi connectivity index (χ1v) is 8.14. The molecular weight excluding hydrogens is 333 g/mol. The molecular formula is C20H16FN3O2. The number of carbonyl (C=O) groups excluding carboxylic acids is 1. The van der Waals surface area contributed by atoms with Crippen LogP contribution in [0.1, 0.15) is 28.0 Å². The summed E-state index contributed by atoms with van der Waals surface area (Å²) < 4.78 is 20.7. The maximum absolute atomic E-state index is 13.3. The Balaban J connectivity index is 1.69. The molecule has 0 saturated heterocycles. The molecule has 4 aromatic rings. The molecule has 2 heterocycles. The second kappa shape index (κ2) is 6.48. The van der Waals surface area contributed by atoms with Crippen molar-refractivity contribution in [1.82, 2.24) is 14.9 Å². The number of fused-ring (bicyclic) bond motifs is 1. The zero-order chi connectivity index (χ0) is 18.1. The van der Waals surface area contributed by atoms with Crippen LogP contribution in [0.3, 0.4) is 0 Å². The summed E-state index contributed by atoms with van der Waals surface area (Å²) in [7, 11) is 1.84. The molecule has 1 N–H and O–H groups in total. The van der Waals surface area contributed by atoms with Crippen LogP contribution in [-0.2, 0) is 7.05 Å². The number of para-hydroxylation sites is 1. The SMILES string of the molecule is Cn1ccnc1[C@@H](NC(=O)c1cc2ccccc2o1)c1ccc(F)cc1. The average molecular weight is 349 g/mol. The molecule has 0 bridgehead atoms. The Morgan fingerprint density at radius 1 is 1.19 bits per heavy atom. The van der Waals surface area contributed by atoms with Gasteiger partial charge in [-0.2, -0.15) is 0 Å². The van der Waals surface area contributed by atoms with Crippen LogP contribution in [0.15, 0.2) is 71.4 Å². The summed E-state index contributed by atoms with van der Waals surface area (Å²) in [6, 6.07) is 14.6. The van der Waals surface area contributed by atoms with Crippen LogP contribution in [0.2, 0.25) is 0 Å². The van der Waals surface area contributed by atoms with Crippen molar-refractivity contribution in [2.24, 2.45) is 7.05 Å². The van der Waals surface area contributed by atoms with Gasteiger partial charge in [0.1, 0.15) is 23.3 Å². The molecule has 4 rings (SSSR count). The van der Waals surface area contributed by atoms with Gasteiger partial charge in [0.15, 0.2) is 5.76 Å². The number of furan rings is 1. The Bertz CT molecular complexity index is 1030. The Labute approximate surface area is 149 Å². The summed E-state index contributed by atoms with van der Waals surface area (Å²) in [5.41, 5.74) is 1.37. The maximum atomic E-state index is 13.3. The van der Waals surface area contributed by atoms with Crippen LogP contribution < -0.4 is 5.32 Å². The lowest BCUT2D eigenvalue weighted by molar-refractivity contribution is 0.0915. The van der Waals surface area contributed by atoms with E-state index in [4.69, 9.17) is 4.42 Å². The van der Waals surface area contributed by atoms with Crippen molar-refractivity contribution in [3.8, 4) is 0 Å². The first kappa shape index (κ1) is 16.1. The van der Waals surface area contributed by atoms with Crippen molar-refractivity contribution in [2.75, 3.05) is 0 Å². The number of aromatic nitrogens is 2. The summed E-state index contributed by atoms with van der Waals surface area (Å²) in [5, 5.41) is 3.79. The number of benzene rings is 2. The molecule has 1 atom stereocenters. The Hall–Kier alpha value is -3.41. The van der Waals surface area contributed by atoms with Gasteiger partial charge < -0.3 is 14.3 Å². The average Bonchev–Trinajstić information content (AvgIpc) is 3.26. The van der Waals surface area contributed by atoms with Gasteiger partial charge in [-0.1, -0.05) is 30.3 Å². The zero-order valence-electron chi connectivity index (χ0n) is 14.0. The minimum Gasteiger partial charge on any atom is -0.451 e. The predicted molar refractivity (Wildman–Crippen MR) is 95.1 cm³/mol. The van der Waals surface area contributed by atoms with Crippen LogP contribution in [0.25, 0.3) is 11.0 Å². The number of carbonyl (C=O) groups is 1. The monoisotopic (exact) mass is 349 g/mol. The van der Waals surface area contributed by atoms with Gasteiger partial charge in [-0.25, -0.2) is 9.37 Å². The first-order valence-electron chi connectivity index (χ1n) is 8.14. The minimum absolute atomic E-state index is 0.215. The van der Waals surface area contributed by atoms with Gasteiger partial charge >= 0.3 is 0 Å². The number of halogens is 1. The van der Waals surface area contributed by atoms with E-state index in [-0.39, 0.29) is 17.5 Å². The van der Waals surface area contributed by atoms with Crippen molar-refractivity contribution in [1.29, 1.82) is 0 Å². The molecule has 0 aliphatic carbocycles. The third kappa shape index (κ3) is 2.97. The van der Waals surface area contributed by atoms with Gasteiger partial charge in [0.25, 0.3) is 5.91 Å². The second-order valence-electron chi connectivity index (χ2n) is 6.00. The van der Waals surface area contributed by atoms with Crippen LogP contribution in [0.5, 0.6) is 0 Å². The van der Waals surface area contributed by atoms with E-state index in [2.05, 4.69) is 10.3 Å². The highest BCUT2D eigenvalue weighted by molar-refractivity contribution is 5.96. The Kier molecular flexibility index (Phi) is 4.01. The number of amides is 1. The lowest BCUT2D eigenvalue weighted by atomic mass is 10.1. The highest BCUT2D eigenvalue weighted by atomic mass is 19.1. The van der Waals surface area contributed by atoms with E-state index < -0.39 is 6.04 Å². The molecule has 0 aliphatic rings. The van der Waals surface area contributed by atoms with Crippen LogP contribution in [0.4, 0.5) is 4.39 Å². The Morgan fingerprint density at radius 2 is 1.96 bits per heavy atom. The van der Waals surface area contributed by atoms with Crippen molar-refractivity contribution in [3.63, 3.8) is 0 Å². The van der Waals surface area contributed by atoms with E-state index in [1.807, 2.05) is 35.9 Å². The highest BCUT2D eigenvalue weighted by Gasteiger charge is 2.23. The molecule has 1 amide bonds. The number of nitrogens with zero attached hydrogens (tertiary/aromatic N) is 2. The normalized spacial score (nSPS) is 12.2. The number of rotatable bonds is 4. The molecule has 0 aliphatic heterocycles. The van der Waals surface area contributed by atoms with Crippen molar-refractivity contribution >= 4 is 16.9 Å². The van der Waals surface area contributed by atoms with Crippen molar-refractivity contribution < 1.29 is 13.6 Å². The van der Waals surface area contributed by atoms with E-state index in [0.29, 0.717) is 11.4 Å². The van der Waals surface area contributed by atoms with Gasteiger partial charge in [-0.05, 0) is 29.8 Å². The molecule has 0 fully saturated rings. The smallest absolute Gasteiger partial charge is 0.287 e. The molecule has 26 heavy (non-hydrogen) atoms. The molecule has 130 valence electrons. The lowest BCUT2D eigenvalue weighted by Gasteiger charge is -2.18. The fraction of sp³-hybridized carbons (Fsp3) is 0.100. The van der Waals surface area contributed by atoms with Crippen molar-refractivity contribution in [3.05, 3.63) is 90.0 Å². The molecule has 0 spiro atoms. The zero-order valence-corrected chi connectivity index (χ0v) is 14.0. The topological polar surface area (TPSA) is 60.1 Å². The van der Waals surface area contributed by atoms with Gasteiger partial charge in [-0.3, -0.25) is 4.79 Å². The van der Waals surface area contributed by atoms with Gasteiger partial charge in [0.2, 0.25) is 0 Å². The number of imidazole rings is 1. The summed E-state index contributed by atoms with van der Waals surface area (Å²) >= 11 is 0. The number of nitrogens with one attached hydrogen (secondary N) is 1. The largest absolute Gasteiger partial charge is 0.451 e. The molecule has 0 radical (unpaired) electrons. The van der Waals surface area contributed by atoms with E-state index in [0.717, 1.165) is 10.9 Å². The van der Waals surface area contributed by atoms with Gasteiger partial charge in [0.05, 0.1) is 0 Å². The van der Waals surface area contributed by atoms with E-state index >= 15 is 0 Å². The Morgan fingerprint density at radius 3 is 2.65 bits per heavy atom. The summed E-state index contributed by atoms with van der Waals surface area (Å²) in [5.74, 6) is 0.156. The number of hydrogen-bond acceptors (Lipinski definition) is 3. The maximum Gasteiger partial charge on any atom is 0.287 e. The molecule has 0 unspecified atom stereocenters. The highest BCUT2D eigenvalue weighted by Crippen LogP contribution is 2.23. The molecule has 6 heteroatoms. The lowest BCUT2D eigenvalue weighted by Crippen LogP contribution is -2.30. The van der Waals surface area contributed by atoms with Gasteiger partial charge in [0, 0.05) is 24.8 Å². The summed E-state index contributed by atoms with van der Waals surface area (Å²) in [6.07, 6.45) is 3.44. The van der Waals surface area contributed by atoms with Crippen LogP contribution >= 0.6 is 0 Å². The number of hydrogen-bond donors (Lipinski definition) is 1. The third-order valence-corrected chi connectivity index (χ3v) is 4.24. The molecule has 2 aromatic heterocycles. The third-order valence-electron chi connectivity index (χ3n) is 4.24. The standard InChI is InChI=1S/C20H16FN3O2/c1-24-11-10-22-19(24)18(13-6-8-15(21)9-7-13)23-20(25)17-12-14-4-2-3-5-16(14)26-17/h2-12,18H,1H3,(H,23,25)/t18-/m0/s1. The van der Waals surface area contributed by atoms with Crippen LogP contribution in [0, 0.1) is 5.82 Å². The quantitative estimate of drug-likeness (QED) is 0.609. The molecule has 0 saturated carbocycles. The first-order chi connectivity index (χ1) is 12.6. The van der Waals surface area contributed by atoms with Crippen molar-refractivity contribution in [2.45, 2.75) is 6.04 Å². The fourth-order valence-electron chi connectivity index (χ4n) is 2.90. The van der Waals surface area contributed by atoms with E-state index in [1.54, 1.807) is 30.6 Å². The van der Waals surface area contributed by atoms with Gasteiger partial charge in [-0.15, -0.1) is 0 Å². The fourth-order valence-corrected chi connectivity index (χ4v) is 2.90. The van der Waals surface area contributed by atoms with E-state index in [1.165, 1.54) is 12.1 Å². The van der Waals surface area contributed by atoms with Crippen LogP contribution in [-0.4, -0.2) is 15.5 Å². The molecule has 2 aromatic carbocycles. The number of aryl methyl sites for hydroxylation is 1. The predicted octanol–water partition coefficient (Wildman–Crippen LogP) is 3.82. The summed E-state index contributed by atoms with van der Waals surface area (Å²) in [4.78, 5) is 17.1. The second-order valence-corrected chi connectivity index (χ2v) is 6.00.